The molecular formula is C13H17FO2. The summed E-state index contributed by atoms with van der Waals surface area (Å²) in [6.07, 6.45) is 1.23. The molecule has 88 valence electrons. The molecule has 16 heavy (non-hydrogen) atoms. The average molecular weight is 224 g/mol. The maximum absolute atomic E-state index is 13.4. The molecule has 0 heterocycles. The third kappa shape index (κ3) is 1.97. The van der Waals surface area contributed by atoms with E-state index in [1.54, 1.807) is 19.1 Å². The van der Waals surface area contributed by atoms with Gasteiger partial charge in [0.25, 0.3) is 0 Å². The minimum absolute atomic E-state index is 0.111. The lowest BCUT2D eigenvalue weighted by Crippen LogP contribution is -2.45. The molecule has 0 aliphatic heterocycles. The minimum Gasteiger partial charge on any atom is -0.385 e. The van der Waals surface area contributed by atoms with Gasteiger partial charge in [-0.15, -0.1) is 0 Å². The first-order valence-corrected chi connectivity index (χ1v) is 5.66. The van der Waals surface area contributed by atoms with Crippen LogP contribution in [0.25, 0.3) is 0 Å². The summed E-state index contributed by atoms with van der Waals surface area (Å²) in [5.74, 6) is -0.259. The van der Waals surface area contributed by atoms with Gasteiger partial charge < -0.3 is 9.84 Å². The van der Waals surface area contributed by atoms with E-state index in [2.05, 4.69) is 0 Å². The predicted octanol–water partition coefficient (Wildman–Crippen LogP) is 2.52. The lowest BCUT2D eigenvalue weighted by molar-refractivity contribution is -0.142. The van der Waals surface area contributed by atoms with Gasteiger partial charge in [-0.2, -0.15) is 0 Å². The summed E-state index contributed by atoms with van der Waals surface area (Å²) >= 11 is 0. The molecule has 1 aromatic carbocycles. The molecule has 2 rings (SSSR count). The Morgan fingerprint density at radius 3 is 2.75 bits per heavy atom. The number of aliphatic hydroxyl groups is 1. The van der Waals surface area contributed by atoms with Gasteiger partial charge in [-0.05, 0) is 31.0 Å². The molecule has 1 aromatic rings. The molecule has 0 saturated heterocycles. The van der Waals surface area contributed by atoms with Gasteiger partial charge >= 0.3 is 0 Å². The van der Waals surface area contributed by atoms with Crippen LogP contribution in [-0.2, 0) is 10.3 Å². The molecule has 1 saturated carbocycles. The molecule has 0 aromatic heterocycles. The van der Waals surface area contributed by atoms with Crippen molar-refractivity contribution in [3.05, 3.63) is 35.1 Å². The van der Waals surface area contributed by atoms with Crippen molar-refractivity contribution in [1.82, 2.24) is 0 Å². The third-order valence-corrected chi connectivity index (χ3v) is 3.24. The first-order valence-electron chi connectivity index (χ1n) is 5.66. The van der Waals surface area contributed by atoms with E-state index in [1.807, 2.05) is 6.92 Å². The zero-order valence-corrected chi connectivity index (χ0v) is 9.66. The normalized spacial score (nSPS) is 28.9. The fourth-order valence-electron chi connectivity index (χ4n) is 2.17. The summed E-state index contributed by atoms with van der Waals surface area (Å²) < 4.78 is 18.8. The maximum atomic E-state index is 13.4. The molecule has 1 fully saturated rings. The molecule has 3 heteroatoms. The van der Waals surface area contributed by atoms with Crippen LogP contribution < -0.4 is 0 Å². The fraction of sp³-hybridized carbons (Fsp3) is 0.538. The van der Waals surface area contributed by atoms with E-state index < -0.39 is 5.60 Å². The van der Waals surface area contributed by atoms with E-state index in [0.717, 1.165) is 0 Å². The Bertz CT molecular complexity index is 384. The lowest BCUT2D eigenvalue weighted by atomic mass is 9.72. The highest BCUT2D eigenvalue weighted by molar-refractivity contribution is 5.30. The highest BCUT2D eigenvalue weighted by Crippen LogP contribution is 2.43. The molecular weight excluding hydrogens is 207 g/mol. The zero-order chi connectivity index (χ0) is 11.8. The Balaban J connectivity index is 2.11. The largest absolute Gasteiger partial charge is 0.385 e. The minimum atomic E-state index is -0.894. The van der Waals surface area contributed by atoms with E-state index in [0.29, 0.717) is 30.6 Å². The fourth-order valence-corrected chi connectivity index (χ4v) is 2.17. The number of ether oxygens (including phenoxy) is 1. The van der Waals surface area contributed by atoms with Crippen LogP contribution in [0.4, 0.5) is 4.39 Å². The van der Waals surface area contributed by atoms with Crippen LogP contribution >= 0.6 is 0 Å². The molecule has 1 aliphatic carbocycles. The number of rotatable bonds is 3. The number of halogens is 1. The van der Waals surface area contributed by atoms with Crippen LogP contribution in [0, 0.1) is 12.7 Å². The Morgan fingerprint density at radius 1 is 1.50 bits per heavy atom. The average Bonchev–Trinajstić information content (AvgIpc) is 2.20. The van der Waals surface area contributed by atoms with Crippen LogP contribution in [0.15, 0.2) is 18.2 Å². The SMILES string of the molecule is CCOC1CC(O)(c2ccc(C)c(F)c2)C1. The van der Waals surface area contributed by atoms with Gasteiger partial charge in [-0.25, -0.2) is 4.39 Å². The van der Waals surface area contributed by atoms with Gasteiger partial charge in [-0.1, -0.05) is 12.1 Å². The smallest absolute Gasteiger partial charge is 0.126 e. The van der Waals surface area contributed by atoms with E-state index >= 15 is 0 Å². The van der Waals surface area contributed by atoms with Gasteiger partial charge in [0, 0.05) is 19.4 Å². The topological polar surface area (TPSA) is 29.5 Å². The molecule has 0 atom stereocenters. The van der Waals surface area contributed by atoms with Crippen LogP contribution in [0.5, 0.6) is 0 Å². The second-order valence-electron chi connectivity index (χ2n) is 4.48. The van der Waals surface area contributed by atoms with Crippen molar-refractivity contribution in [2.45, 2.75) is 38.4 Å². The summed E-state index contributed by atoms with van der Waals surface area (Å²) in [6.45, 7) is 4.30. The van der Waals surface area contributed by atoms with Crippen LogP contribution in [0.2, 0.25) is 0 Å². The van der Waals surface area contributed by atoms with Crippen LogP contribution in [0.3, 0.4) is 0 Å². The van der Waals surface area contributed by atoms with E-state index in [4.69, 9.17) is 4.74 Å². The van der Waals surface area contributed by atoms with Gasteiger partial charge in [-0.3, -0.25) is 0 Å². The molecule has 0 amide bonds. The Kier molecular flexibility index (Phi) is 3.00. The summed E-state index contributed by atoms with van der Waals surface area (Å²) in [5, 5.41) is 10.2. The third-order valence-electron chi connectivity index (χ3n) is 3.24. The van der Waals surface area contributed by atoms with Crippen molar-refractivity contribution in [3.63, 3.8) is 0 Å². The Hall–Kier alpha value is -0.930. The van der Waals surface area contributed by atoms with Gasteiger partial charge in [0.2, 0.25) is 0 Å². The molecule has 0 radical (unpaired) electrons. The van der Waals surface area contributed by atoms with Gasteiger partial charge in [0.1, 0.15) is 5.82 Å². The lowest BCUT2D eigenvalue weighted by Gasteiger charge is -2.43. The van der Waals surface area contributed by atoms with Crippen molar-refractivity contribution < 1.29 is 14.2 Å². The second-order valence-corrected chi connectivity index (χ2v) is 4.48. The van der Waals surface area contributed by atoms with Gasteiger partial charge in [0.05, 0.1) is 11.7 Å². The molecule has 2 nitrogen and oxygen atoms in total. The van der Waals surface area contributed by atoms with Crippen LogP contribution in [0.1, 0.15) is 30.9 Å². The Labute approximate surface area is 95.1 Å². The molecule has 0 spiro atoms. The summed E-state index contributed by atoms with van der Waals surface area (Å²) in [6, 6.07) is 4.93. The first kappa shape index (κ1) is 11.6. The maximum Gasteiger partial charge on any atom is 0.126 e. The summed E-state index contributed by atoms with van der Waals surface area (Å²) in [7, 11) is 0. The summed E-state index contributed by atoms with van der Waals surface area (Å²) in [4.78, 5) is 0. The molecule has 1 N–H and O–H groups in total. The van der Waals surface area contributed by atoms with Gasteiger partial charge in [0.15, 0.2) is 0 Å². The van der Waals surface area contributed by atoms with Crippen molar-refractivity contribution in [3.8, 4) is 0 Å². The molecule has 1 aliphatic rings. The van der Waals surface area contributed by atoms with Crippen LogP contribution in [-0.4, -0.2) is 17.8 Å². The predicted molar refractivity (Wildman–Crippen MR) is 59.7 cm³/mol. The highest BCUT2D eigenvalue weighted by atomic mass is 19.1. The standard InChI is InChI=1S/C13H17FO2/c1-3-16-11-7-13(15,8-11)10-5-4-9(2)12(14)6-10/h4-6,11,15H,3,7-8H2,1-2H3. The summed E-state index contributed by atoms with van der Waals surface area (Å²) in [5.41, 5.74) is 0.369. The monoisotopic (exact) mass is 224 g/mol. The highest BCUT2D eigenvalue weighted by Gasteiger charge is 2.44. The van der Waals surface area contributed by atoms with Crippen molar-refractivity contribution in [2.24, 2.45) is 0 Å². The van der Waals surface area contributed by atoms with E-state index in [1.165, 1.54) is 6.07 Å². The number of aryl methyl sites for hydroxylation is 1. The Morgan fingerprint density at radius 2 is 2.19 bits per heavy atom. The number of benzene rings is 1. The number of hydrogen-bond donors (Lipinski definition) is 1. The molecule has 0 unspecified atom stereocenters. The number of hydrogen-bond acceptors (Lipinski definition) is 2. The second kappa shape index (κ2) is 4.15. The zero-order valence-electron chi connectivity index (χ0n) is 9.66. The van der Waals surface area contributed by atoms with E-state index in [9.17, 15) is 9.50 Å². The van der Waals surface area contributed by atoms with Crippen molar-refractivity contribution in [2.75, 3.05) is 6.61 Å². The quantitative estimate of drug-likeness (QED) is 0.854. The first-order chi connectivity index (χ1) is 7.55. The van der Waals surface area contributed by atoms with Crippen molar-refractivity contribution in [1.29, 1.82) is 0 Å². The van der Waals surface area contributed by atoms with E-state index in [-0.39, 0.29) is 11.9 Å². The van der Waals surface area contributed by atoms with Crippen molar-refractivity contribution >= 4 is 0 Å². The molecule has 0 bridgehead atoms.